The van der Waals surface area contributed by atoms with Crippen LogP contribution in [0.3, 0.4) is 0 Å². The van der Waals surface area contributed by atoms with E-state index in [1.54, 1.807) is 7.11 Å². The lowest BCUT2D eigenvalue weighted by Crippen LogP contribution is -2.51. The first-order valence-corrected chi connectivity index (χ1v) is 10.9. The van der Waals surface area contributed by atoms with E-state index in [0.717, 1.165) is 32.1 Å². The van der Waals surface area contributed by atoms with E-state index in [2.05, 4.69) is 29.6 Å². The molecule has 0 unspecified atom stereocenters. The summed E-state index contributed by atoms with van der Waals surface area (Å²) in [4.78, 5) is 26.7. The third-order valence-electron chi connectivity index (χ3n) is 6.67. The number of ether oxygens (including phenoxy) is 2. The molecule has 1 spiro atoms. The predicted molar refractivity (Wildman–Crippen MR) is 109 cm³/mol. The van der Waals surface area contributed by atoms with Crippen molar-refractivity contribution in [3.8, 4) is 0 Å². The molecule has 1 aliphatic carbocycles. The van der Waals surface area contributed by atoms with Crippen molar-refractivity contribution in [2.45, 2.75) is 69.1 Å². The Kier molecular flexibility index (Phi) is 6.20. The van der Waals surface area contributed by atoms with Gasteiger partial charge in [0.15, 0.2) is 0 Å². The first-order valence-electron chi connectivity index (χ1n) is 10.9. The van der Waals surface area contributed by atoms with Crippen LogP contribution in [0.15, 0.2) is 24.3 Å². The number of likely N-dealkylation sites (tertiary alicyclic amines) is 1. The van der Waals surface area contributed by atoms with Crippen molar-refractivity contribution in [1.82, 2.24) is 10.2 Å². The van der Waals surface area contributed by atoms with Crippen molar-refractivity contribution in [2.24, 2.45) is 0 Å². The molecule has 2 aliphatic heterocycles. The van der Waals surface area contributed by atoms with Gasteiger partial charge in [-0.2, -0.15) is 0 Å². The quantitative estimate of drug-likeness (QED) is 0.825. The zero-order valence-electron chi connectivity index (χ0n) is 17.3. The Morgan fingerprint density at radius 2 is 1.93 bits per heavy atom. The van der Waals surface area contributed by atoms with Gasteiger partial charge < -0.3 is 19.7 Å². The van der Waals surface area contributed by atoms with Crippen LogP contribution in [-0.4, -0.2) is 55.7 Å². The highest BCUT2D eigenvalue weighted by atomic mass is 16.5. The SMILES string of the molecule is COCC(=O)N1CCC2(CC1)O[C@@H](CC(=O)NC1CCCC1)Cc1ccccc12. The van der Waals surface area contributed by atoms with E-state index in [0.29, 0.717) is 25.6 Å². The molecule has 158 valence electrons. The molecule has 1 aromatic rings. The maximum absolute atomic E-state index is 12.6. The lowest BCUT2D eigenvalue weighted by atomic mass is 9.78. The molecule has 4 rings (SSSR count). The Bertz CT molecular complexity index is 736. The van der Waals surface area contributed by atoms with Gasteiger partial charge >= 0.3 is 0 Å². The topological polar surface area (TPSA) is 67.9 Å². The van der Waals surface area contributed by atoms with Crippen LogP contribution in [0, 0.1) is 0 Å². The summed E-state index contributed by atoms with van der Waals surface area (Å²) in [5.41, 5.74) is 2.09. The largest absolute Gasteiger partial charge is 0.375 e. The molecule has 3 aliphatic rings. The molecule has 2 fully saturated rings. The van der Waals surface area contributed by atoms with Crippen molar-refractivity contribution in [3.05, 3.63) is 35.4 Å². The highest BCUT2D eigenvalue weighted by molar-refractivity contribution is 5.78. The molecule has 0 radical (unpaired) electrons. The smallest absolute Gasteiger partial charge is 0.248 e. The molecule has 1 atom stereocenters. The second kappa shape index (κ2) is 8.84. The van der Waals surface area contributed by atoms with Gasteiger partial charge in [0.05, 0.1) is 18.1 Å². The number of rotatable bonds is 5. The summed E-state index contributed by atoms with van der Waals surface area (Å²) in [6.45, 7) is 1.42. The Labute approximate surface area is 172 Å². The fourth-order valence-corrected chi connectivity index (χ4v) is 5.21. The van der Waals surface area contributed by atoms with E-state index in [9.17, 15) is 9.59 Å². The average molecular weight is 401 g/mol. The van der Waals surface area contributed by atoms with E-state index in [1.165, 1.54) is 24.0 Å². The number of methoxy groups -OCH3 is 1. The van der Waals surface area contributed by atoms with Crippen molar-refractivity contribution in [3.63, 3.8) is 0 Å². The summed E-state index contributed by atoms with van der Waals surface area (Å²) >= 11 is 0. The van der Waals surface area contributed by atoms with Crippen molar-refractivity contribution in [1.29, 1.82) is 0 Å². The molecule has 29 heavy (non-hydrogen) atoms. The number of carbonyl (C=O) groups excluding carboxylic acids is 2. The van der Waals surface area contributed by atoms with E-state index in [4.69, 9.17) is 9.47 Å². The van der Waals surface area contributed by atoms with Gasteiger partial charge in [-0.1, -0.05) is 37.1 Å². The first kappa shape index (κ1) is 20.4. The number of benzene rings is 1. The molecule has 1 saturated carbocycles. The summed E-state index contributed by atoms with van der Waals surface area (Å²) in [6.07, 6.45) is 7.15. The van der Waals surface area contributed by atoms with E-state index in [1.807, 2.05) is 4.90 Å². The Balaban J connectivity index is 1.45. The maximum atomic E-state index is 12.6. The van der Waals surface area contributed by atoms with Gasteiger partial charge in [0.1, 0.15) is 6.61 Å². The summed E-state index contributed by atoms with van der Waals surface area (Å²) < 4.78 is 11.6. The summed E-state index contributed by atoms with van der Waals surface area (Å²) in [6, 6.07) is 8.76. The number of fused-ring (bicyclic) bond motifs is 2. The van der Waals surface area contributed by atoms with Crippen LogP contribution in [0.5, 0.6) is 0 Å². The van der Waals surface area contributed by atoms with Gasteiger partial charge in [0, 0.05) is 26.2 Å². The predicted octanol–water partition coefficient (Wildman–Crippen LogP) is 2.54. The Hall–Kier alpha value is -1.92. The molecule has 1 N–H and O–H groups in total. The maximum Gasteiger partial charge on any atom is 0.248 e. The van der Waals surface area contributed by atoms with Crippen LogP contribution in [0.2, 0.25) is 0 Å². The van der Waals surface area contributed by atoms with Gasteiger partial charge in [0.25, 0.3) is 0 Å². The Morgan fingerprint density at radius 1 is 1.21 bits per heavy atom. The van der Waals surface area contributed by atoms with Gasteiger partial charge in [-0.3, -0.25) is 9.59 Å². The molecule has 1 saturated heterocycles. The average Bonchev–Trinajstić information content (AvgIpc) is 3.21. The second-order valence-corrected chi connectivity index (χ2v) is 8.66. The number of carbonyl (C=O) groups is 2. The minimum Gasteiger partial charge on any atom is -0.375 e. The number of hydrogen-bond acceptors (Lipinski definition) is 4. The normalized spacial score (nSPS) is 23.8. The van der Waals surface area contributed by atoms with Gasteiger partial charge in [-0.05, 0) is 43.2 Å². The van der Waals surface area contributed by atoms with E-state index in [-0.39, 0.29) is 24.5 Å². The number of piperidine rings is 1. The third-order valence-corrected chi connectivity index (χ3v) is 6.67. The summed E-state index contributed by atoms with van der Waals surface area (Å²) in [7, 11) is 1.55. The fraction of sp³-hybridized carbons (Fsp3) is 0.652. The fourth-order valence-electron chi connectivity index (χ4n) is 5.21. The van der Waals surface area contributed by atoms with Crippen LogP contribution in [0.1, 0.15) is 56.1 Å². The highest BCUT2D eigenvalue weighted by Gasteiger charge is 2.44. The molecule has 0 bridgehead atoms. The first-order chi connectivity index (χ1) is 14.1. The lowest BCUT2D eigenvalue weighted by molar-refractivity contribution is -0.158. The van der Waals surface area contributed by atoms with Crippen molar-refractivity contribution in [2.75, 3.05) is 26.8 Å². The van der Waals surface area contributed by atoms with Crippen molar-refractivity contribution < 1.29 is 19.1 Å². The zero-order valence-corrected chi connectivity index (χ0v) is 17.3. The third kappa shape index (κ3) is 4.48. The molecule has 1 aromatic carbocycles. The molecule has 6 heteroatoms. The van der Waals surface area contributed by atoms with Gasteiger partial charge in [-0.25, -0.2) is 0 Å². The molecular formula is C23H32N2O4. The second-order valence-electron chi connectivity index (χ2n) is 8.66. The minimum absolute atomic E-state index is 0.0268. The Morgan fingerprint density at radius 3 is 2.66 bits per heavy atom. The molecule has 2 amide bonds. The summed E-state index contributed by atoms with van der Waals surface area (Å²) in [5, 5.41) is 3.19. The van der Waals surface area contributed by atoms with E-state index >= 15 is 0 Å². The summed E-state index contributed by atoms with van der Waals surface area (Å²) in [5.74, 6) is 0.128. The minimum atomic E-state index is -0.406. The van der Waals surface area contributed by atoms with Crippen LogP contribution < -0.4 is 5.32 Å². The zero-order chi connectivity index (χ0) is 20.3. The monoisotopic (exact) mass is 400 g/mol. The van der Waals surface area contributed by atoms with Crippen LogP contribution in [-0.2, 0) is 31.1 Å². The van der Waals surface area contributed by atoms with Crippen molar-refractivity contribution >= 4 is 11.8 Å². The lowest BCUT2D eigenvalue weighted by Gasteiger charge is -2.47. The number of amides is 2. The molecule has 2 heterocycles. The van der Waals surface area contributed by atoms with Gasteiger partial charge in [-0.15, -0.1) is 0 Å². The molecular weight excluding hydrogens is 368 g/mol. The number of nitrogens with one attached hydrogen (secondary N) is 1. The molecule has 0 aromatic heterocycles. The van der Waals surface area contributed by atoms with Crippen LogP contribution in [0.25, 0.3) is 0 Å². The molecule has 6 nitrogen and oxygen atoms in total. The highest BCUT2D eigenvalue weighted by Crippen LogP contribution is 2.43. The van der Waals surface area contributed by atoms with Crippen LogP contribution >= 0.6 is 0 Å². The van der Waals surface area contributed by atoms with Crippen LogP contribution in [0.4, 0.5) is 0 Å². The number of hydrogen-bond donors (Lipinski definition) is 1. The van der Waals surface area contributed by atoms with E-state index < -0.39 is 5.60 Å². The van der Waals surface area contributed by atoms with Gasteiger partial charge in [0.2, 0.25) is 11.8 Å². The standard InChI is InChI=1S/C23H32N2O4/c1-28-16-22(27)25-12-10-23(11-13-25)20-9-5-2-6-17(20)14-19(29-23)15-21(26)24-18-7-3-4-8-18/h2,5-6,9,18-19H,3-4,7-8,10-16H2,1H3,(H,24,26)/t19-/m1/s1. The number of nitrogens with zero attached hydrogens (tertiary/aromatic N) is 1.